The second-order valence-corrected chi connectivity index (χ2v) is 8.54. The van der Waals surface area contributed by atoms with E-state index in [0.717, 1.165) is 17.5 Å². The lowest BCUT2D eigenvalue weighted by Crippen LogP contribution is -2.37. The number of aryl methyl sites for hydroxylation is 1. The maximum absolute atomic E-state index is 12.9. The molecular weight excluding hydrogens is 334 g/mol. The molecule has 0 aromatic heterocycles. The van der Waals surface area contributed by atoms with Gasteiger partial charge in [-0.25, -0.2) is 13.1 Å². The number of benzene rings is 2. The predicted molar refractivity (Wildman–Crippen MR) is 97.6 cm³/mol. The first-order valence-corrected chi connectivity index (χ1v) is 10.0. The van der Waals surface area contributed by atoms with Gasteiger partial charge in [0.2, 0.25) is 10.0 Å². The Morgan fingerprint density at radius 3 is 2.24 bits per heavy atom. The second kappa shape index (κ2) is 7.10. The minimum Gasteiger partial charge on any atom is -0.299 e. The lowest BCUT2D eigenvalue weighted by molar-refractivity contribution is -0.121. The summed E-state index contributed by atoms with van der Waals surface area (Å²) in [4.78, 5) is 12.7. The quantitative estimate of drug-likeness (QED) is 0.889. The Hall–Kier alpha value is -1.98. The molecule has 0 spiro atoms. The van der Waals surface area contributed by atoms with Gasteiger partial charge in [-0.3, -0.25) is 4.79 Å². The first kappa shape index (κ1) is 17.8. The van der Waals surface area contributed by atoms with Crippen molar-refractivity contribution in [2.24, 2.45) is 11.8 Å². The third-order valence-corrected chi connectivity index (χ3v) is 6.42. The highest BCUT2D eigenvalue weighted by Crippen LogP contribution is 2.38. The standard InChI is InChI=1S/C20H23NO3S/c1-14-8-11-17(12-9-14)25(23,24)21-20(16-6-4-3-5-7-16)19-15(2)10-13-18(19)22/h3-9,11-12,15,19-21H,10,13H2,1-2H3/t15-,19+,20-/m0/s1. The van der Waals surface area contributed by atoms with Crippen molar-refractivity contribution in [3.63, 3.8) is 0 Å². The molecule has 1 N–H and O–H groups in total. The summed E-state index contributed by atoms with van der Waals surface area (Å²) in [7, 11) is -3.71. The monoisotopic (exact) mass is 357 g/mol. The highest BCUT2D eigenvalue weighted by Gasteiger charge is 2.40. The van der Waals surface area contributed by atoms with Gasteiger partial charge in [0.25, 0.3) is 0 Å². The molecule has 0 unspecified atom stereocenters. The molecule has 0 aliphatic heterocycles. The molecule has 3 rings (SSSR count). The van der Waals surface area contributed by atoms with Gasteiger partial charge in [-0.1, -0.05) is 55.0 Å². The van der Waals surface area contributed by atoms with E-state index in [1.54, 1.807) is 24.3 Å². The van der Waals surface area contributed by atoms with Crippen LogP contribution in [0.15, 0.2) is 59.5 Å². The van der Waals surface area contributed by atoms with Crippen molar-refractivity contribution in [2.45, 2.75) is 37.6 Å². The summed E-state index contributed by atoms with van der Waals surface area (Å²) in [6.07, 6.45) is 1.32. The predicted octanol–water partition coefficient (Wildman–Crippen LogP) is 3.63. The molecule has 3 atom stereocenters. The zero-order chi connectivity index (χ0) is 18.0. The van der Waals surface area contributed by atoms with Crippen LogP contribution in [-0.2, 0) is 14.8 Å². The van der Waals surface area contributed by atoms with Crippen LogP contribution < -0.4 is 4.72 Å². The van der Waals surface area contributed by atoms with Crippen LogP contribution in [0.3, 0.4) is 0 Å². The minimum atomic E-state index is -3.71. The molecule has 0 radical (unpaired) electrons. The van der Waals surface area contributed by atoms with Crippen LogP contribution in [0.5, 0.6) is 0 Å². The van der Waals surface area contributed by atoms with Crippen LogP contribution in [0.25, 0.3) is 0 Å². The van der Waals surface area contributed by atoms with E-state index in [1.807, 2.05) is 44.2 Å². The van der Waals surface area contributed by atoms with Crippen LogP contribution in [0.1, 0.15) is 36.9 Å². The van der Waals surface area contributed by atoms with Gasteiger partial charge in [0.1, 0.15) is 5.78 Å². The van der Waals surface area contributed by atoms with E-state index in [-0.39, 0.29) is 22.5 Å². The molecule has 1 aliphatic rings. The lowest BCUT2D eigenvalue weighted by atomic mass is 9.86. The Bertz CT molecular complexity index is 844. The number of carbonyl (C=O) groups excluding carboxylic acids is 1. The molecular formula is C20H23NO3S. The number of hydrogen-bond donors (Lipinski definition) is 1. The molecule has 0 heterocycles. The van der Waals surface area contributed by atoms with Crippen LogP contribution in [0, 0.1) is 18.8 Å². The van der Waals surface area contributed by atoms with Gasteiger partial charge in [0.15, 0.2) is 0 Å². The fraction of sp³-hybridized carbons (Fsp3) is 0.350. The summed E-state index contributed by atoms with van der Waals surface area (Å²) >= 11 is 0. The van der Waals surface area contributed by atoms with Crippen LogP contribution >= 0.6 is 0 Å². The highest BCUT2D eigenvalue weighted by molar-refractivity contribution is 7.89. The molecule has 2 aromatic rings. The first-order valence-electron chi connectivity index (χ1n) is 8.55. The molecule has 5 heteroatoms. The van der Waals surface area contributed by atoms with Gasteiger partial charge >= 0.3 is 0 Å². The number of carbonyl (C=O) groups is 1. The summed E-state index contributed by atoms with van der Waals surface area (Å²) in [6, 6.07) is 15.6. The molecule has 25 heavy (non-hydrogen) atoms. The highest BCUT2D eigenvalue weighted by atomic mass is 32.2. The topological polar surface area (TPSA) is 63.2 Å². The smallest absolute Gasteiger partial charge is 0.241 e. The van der Waals surface area contributed by atoms with E-state index in [1.165, 1.54) is 0 Å². The Labute approximate surface area is 149 Å². The molecule has 132 valence electrons. The average Bonchev–Trinajstić information content (AvgIpc) is 2.93. The van der Waals surface area contributed by atoms with E-state index < -0.39 is 16.1 Å². The van der Waals surface area contributed by atoms with E-state index in [4.69, 9.17) is 0 Å². The van der Waals surface area contributed by atoms with E-state index in [0.29, 0.717) is 6.42 Å². The SMILES string of the molecule is Cc1ccc(S(=O)(=O)N[C@@H](c2ccccc2)[C@H]2C(=O)CC[C@@H]2C)cc1. The van der Waals surface area contributed by atoms with Crippen LogP contribution in [0.4, 0.5) is 0 Å². The van der Waals surface area contributed by atoms with Crippen molar-refractivity contribution in [1.29, 1.82) is 0 Å². The maximum Gasteiger partial charge on any atom is 0.241 e. The summed E-state index contributed by atoms with van der Waals surface area (Å²) in [5, 5.41) is 0. The molecule has 0 saturated heterocycles. The number of sulfonamides is 1. The molecule has 1 aliphatic carbocycles. The van der Waals surface area contributed by atoms with E-state index >= 15 is 0 Å². The summed E-state index contributed by atoms with van der Waals surface area (Å²) in [5.41, 5.74) is 1.82. The van der Waals surface area contributed by atoms with Gasteiger partial charge in [0, 0.05) is 12.3 Å². The van der Waals surface area contributed by atoms with Crippen molar-refractivity contribution in [3.05, 3.63) is 65.7 Å². The number of nitrogens with one attached hydrogen (secondary N) is 1. The Morgan fingerprint density at radius 2 is 1.68 bits per heavy atom. The summed E-state index contributed by atoms with van der Waals surface area (Å²) in [5.74, 6) is -0.0472. The largest absolute Gasteiger partial charge is 0.299 e. The van der Waals surface area contributed by atoms with Gasteiger partial charge in [-0.2, -0.15) is 0 Å². The summed E-state index contributed by atoms with van der Waals surface area (Å²) in [6.45, 7) is 3.93. The normalized spacial score (nSPS) is 22.1. The van der Waals surface area contributed by atoms with Crippen LogP contribution in [0.2, 0.25) is 0 Å². The fourth-order valence-electron chi connectivity index (χ4n) is 3.51. The molecule has 0 amide bonds. The molecule has 4 nitrogen and oxygen atoms in total. The maximum atomic E-state index is 12.9. The average molecular weight is 357 g/mol. The zero-order valence-corrected chi connectivity index (χ0v) is 15.3. The number of Topliss-reactive ketones (excluding diaryl/α,β-unsaturated/α-hetero) is 1. The third-order valence-electron chi connectivity index (χ3n) is 4.96. The number of rotatable bonds is 5. The van der Waals surface area contributed by atoms with Crippen molar-refractivity contribution >= 4 is 15.8 Å². The van der Waals surface area contributed by atoms with Gasteiger partial charge in [-0.05, 0) is 37.0 Å². The second-order valence-electron chi connectivity index (χ2n) is 6.83. The Morgan fingerprint density at radius 1 is 1.04 bits per heavy atom. The first-order chi connectivity index (χ1) is 11.9. The lowest BCUT2D eigenvalue weighted by Gasteiger charge is -2.27. The number of ketones is 1. The molecule has 2 aromatic carbocycles. The zero-order valence-electron chi connectivity index (χ0n) is 14.5. The van der Waals surface area contributed by atoms with E-state index in [2.05, 4.69) is 4.72 Å². The number of hydrogen-bond acceptors (Lipinski definition) is 3. The van der Waals surface area contributed by atoms with Gasteiger partial charge in [0.05, 0.1) is 10.9 Å². The van der Waals surface area contributed by atoms with E-state index in [9.17, 15) is 13.2 Å². The molecule has 0 bridgehead atoms. The molecule has 1 fully saturated rings. The van der Waals surface area contributed by atoms with Gasteiger partial charge < -0.3 is 0 Å². The molecule has 1 saturated carbocycles. The van der Waals surface area contributed by atoms with Gasteiger partial charge in [-0.15, -0.1) is 0 Å². The van der Waals surface area contributed by atoms with Crippen molar-refractivity contribution < 1.29 is 13.2 Å². The Balaban J connectivity index is 1.98. The third kappa shape index (κ3) is 3.83. The van der Waals surface area contributed by atoms with Crippen molar-refractivity contribution in [1.82, 2.24) is 4.72 Å². The Kier molecular flexibility index (Phi) is 5.06. The van der Waals surface area contributed by atoms with Crippen molar-refractivity contribution in [2.75, 3.05) is 0 Å². The van der Waals surface area contributed by atoms with Crippen molar-refractivity contribution in [3.8, 4) is 0 Å². The minimum absolute atomic E-state index is 0.132. The summed E-state index contributed by atoms with van der Waals surface area (Å²) < 4.78 is 28.5. The fourth-order valence-corrected chi connectivity index (χ4v) is 4.76. The van der Waals surface area contributed by atoms with Crippen LogP contribution in [-0.4, -0.2) is 14.2 Å².